The highest BCUT2D eigenvalue weighted by molar-refractivity contribution is 5.91. The van der Waals surface area contributed by atoms with E-state index in [1.807, 2.05) is 18.5 Å². The van der Waals surface area contributed by atoms with Crippen LogP contribution in [0.25, 0.3) is 0 Å². The lowest BCUT2D eigenvalue weighted by Crippen LogP contribution is -2.61. The molecule has 2 aliphatic heterocycles. The zero-order valence-corrected chi connectivity index (χ0v) is 13.9. The van der Waals surface area contributed by atoms with Crippen LogP contribution in [-0.2, 0) is 11.2 Å². The first-order valence-electron chi connectivity index (χ1n) is 9.05. The number of hydrogen-bond acceptors (Lipinski definition) is 3. The summed E-state index contributed by atoms with van der Waals surface area (Å²) in [5.74, 6) is 1.96. The maximum atomic E-state index is 12.2. The van der Waals surface area contributed by atoms with Crippen LogP contribution in [0.5, 0.6) is 0 Å². The number of allylic oxidation sites excluding steroid dienone is 1. The van der Waals surface area contributed by atoms with Crippen molar-refractivity contribution < 1.29 is 4.79 Å². The van der Waals surface area contributed by atoms with Gasteiger partial charge in [-0.05, 0) is 74.1 Å². The second kappa shape index (κ2) is 5.77. The monoisotopic (exact) mass is 310 g/mol. The minimum absolute atomic E-state index is 0.00503. The van der Waals surface area contributed by atoms with E-state index in [9.17, 15) is 4.79 Å². The molecule has 3 heteroatoms. The Morgan fingerprint density at radius 3 is 2.91 bits per heavy atom. The molecule has 4 atom stereocenters. The molecule has 2 fully saturated rings. The number of carbonyl (C=O) groups excluding carboxylic acids is 1. The Morgan fingerprint density at radius 2 is 2.09 bits per heavy atom. The molecule has 4 rings (SSSR count). The molecule has 3 nitrogen and oxygen atoms in total. The van der Waals surface area contributed by atoms with E-state index < -0.39 is 0 Å². The first-order valence-corrected chi connectivity index (χ1v) is 9.05. The van der Waals surface area contributed by atoms with Crippen molar-refractivity contribution in [1.82, 2.24) is 9.88 Å². The van der Waals surface area contributed by atoms with Gasteiger partial charge in [-0.3, -0.25) is 9.78 Å². The summed E-state index contributed by atoms with van der Waals surface area (Å²) in [6.45, 7) is 2.39. The minimum Gasteiger partial charge on any atom is -0.368 e. The molecule has 23 heavy (non-hydrogen) atoms. The molecule has 1 aromatic heterocycles. The highest BCUT2D eigenvalue weighted by Gasteiger charge is 2.49. The van der Waals surface area contributed by atoms with Gasteiger partial charge in [0, 0.05) is 31.1 Å². The maximum absolute atomic E-state index is 12.2. The van der Waals surface area contributed by atoms with Crippen molar-refractivity contribution in [2.75, 3.05) is 0 Å². The lowest BCUT2D eigenvalue weighted by Gasteiger charge is -2.57. The summed E-state index contributed by atoms with van der Waals surface area (Å²) < 4.78 is 0. The standard InChI is InChI=1S/C20H26N2O/c1-15-2-3-19-17(12-15)4-8-20(13-16-5-9-21-10-6-16)14-18(23)7-11-22(19)20/h5-7,9-11,15,17,19H,2-4,8,12-14H2,1H3. The maximum Gasteiger partial charge on any atom is 0.159 e. The van der Waals surface area contributed by atoms with Crippen LogP contribution in [0.3, 0.4) is 0 Å². The van der Waals surface area contributed by atoms with Gasteiger partial charge in [-0.2, -0.15) is 0 Å². The first kappa shape index (κ1) is 14.9. The Kier molecular flexibility index (Phi) is 3.74. The predicted octanol–water partition coefficient (Wildman–Crippen LogP) is 3.75. The molecule has 122 valence electrons. The van der Waals surface area contributed by atoms with Gasteiger partial charge in [-0.15, -0.1) is 0 Å². The zero-order valence-electron chi connectivity index (χ0n) is 13.9. The zero-order chi connectivity index (χ0) is 15.9. The largest absolute Gasteiger partial charge is 0.368 e. The quantitative estimate of drug-likeness (QED) is 0.834. The Labute approximate surface area is 138 Å². The number of pyridine rings is 1. The fourth-order valence-electron chi connectivity index (χ4n) is 5.21. The molecule has 0 bridgehead atoms. The van der Waals surface area contributed by atoms with E-state index in [1.165, 1.54) is 31.2 Å². The van der Waals surface area contributed by atoms with E-state index in [2.05, 4.69) is 35.1 Å². The average molecular weight is 310 g/mol. The summed E-state index contributed by atoms with van der Waals surface area (Å²) in [5.41, 5.74) is 1.30. The number of ketones is 1. The smallest absolute Gasteiger partial charge is 0.159 e. The molecule has 0 N–H and O–H groups in total. The van der Waals surface area contributed by atoms with Crippen molar-refractivity contribution in [2.45, 2.75) is 63.5 Å². The number of nitrogens with zero attached hydrogens (tertiary/aromatic N) is 2. The second-order valence-electron chi connectivity index (χ2n) is 7.91. The molecule has 0 spiro atoms. The van der Waals surface area contributed by atoms with Gasteiger partial charge in [0.25, 0.3) is 0 Å². The Hall–Kier alpha value is -1.64. The van der Waals surface area contributed by atoms with Crippen LogP contribution in [0.4, 0.5) is 0 Å². The van der Waals surface area contributed by atoms with Crippen molar-refractivity contribution in [1.29, 1.82) is 0 Å². The first-order chi connectivity index (χ1) is 11.2. The van der Waals surface area contributed by atoms with Crippen LogP contribution < -0.4 is 0 Å². The number of carbonyl (C=O) groups is 1. The van der Waals surface area contributed by atoms with E-state index in [0.717, 1.165) is 24.7 Å². The SMILES string of the molecule is CC1CCC2C(CCC3(Cc4ccncc4)CC(=O)C=CN23)C1. The van der Waals surface area contributed by atoms with Crippen LogP contribution in [0, 0.1) is 11.8 Å². The van der Waals surface area contributed by atoms with E-state index in [-0.39, 0.29) is 11.3 Å². The van der Waals surface area contributed by atoms with Gasteiger partial charge in [0.05, 0.1) is 5.54 Å². The van der Waals surface area contributed by atoms with Gasteiger partial charge in [-0.1, -0.05) is 6.92 Å². The summed E-state index contributed by atoms with van der Waals surface area (Å²) in [6, 6.07) is 4.83. The van der Waals surface area contributed by atoms with Crippen LogP contribution >= 0.6 is 0 Å². The third-order valence-electron chi connectivity index (χ3n) is 6.30. The molecule has 4 unspecified atom stereocenters. The summed E-state index contributed by atoms with van der Waals surface area (Å²) in [6.07, 6.45) is 15.7. The van der Waals surface area contributed by atoms with Gasteiger partial charge in [0.1, 0.15) is 0 Å². The third-order valence-corrected chi connectivity index (χ3v) is 6.30. The molecule has 3 heterocycles. The molecule has 1 aromatic rings. The molecular formula is C20H26N2O. The normalized spacial score (nSPS) is 36.5. The summed E-state index contributed by atoms with van der Waals surface area (Å²) >= 11 is 0. The molecule has 1 saturated carbocycles. The van der Waals surface area contributed by atoms with E-state index >= 15 is 0 Å². The van der Waals surface area contributed by atoms with Gasteiger partial charge < -0.3 is 4.90 Å². The molecule has 0 radical (unpaired) electrons. The topological polar surface area (TPSA) is 33.2 Å². The Bertz CT molecular complexity index is 611. The third kappa shape index (κ3) is 2.71. The fourth-order valence-corrected chi connectivity index (χ4v) is 5.21. The van der Waals surface area contributed by atoms with Crippen molar-refractivity contribution in [3.8, 4) is 0 Å². The van der Waals surface area contributed by atoms with Crippen LogP contribution in [0.15, 0.2) is 36.8 Å². The van der Waals surface area contributed by atoms with E-state index in [1.54, 1.807) is 0 Å². The summed E-state index contributed by atoms with van der Waals surface area (Å²) in [4.78, 5) is 18.9. The van der Waals surface area contributed by atoms with Gasteiger partial charge in [0.2, 0.25) is 0 Å². The van der Waals surface area contributed by atoms with Crippen LogP contribution in [0.2, 0.25) is 0 Å². The molecule has 0 amide bonds. The van der Waals surface area contributed by atoms with Gasteiger partial charge in [-0.25, -0.2) is 0 Å². The minimum atomic E-state index is -0.00503. The Morgan fingerprint density at radius 1 is 1.26 bits per heavy atom. The van der Waals surface area contributed by atoms with Gasteiger partial charge >= 0.3 is 0 Å². The fraction of sp³-hybridized carbons (Fsp3) is 0.600. The van der Waals surface area contributed by atoms with E-state index in [0.29, 0.717) is 12.5 Å². The second-order valence-corrected chi connectivity index (χ2v) is 7.91. The van der Waals surface area contributed by atoms with Crippen LogP contribution in [0.1, 0.15) is 51.0 Å². The van der Waals surface area contributed by atoms with Crippen molar-refractivity contribution in [2.24, 2.45) is 11.8 Å². The Balaban J connectivity index is 1.66. The number of piperidine rings is 1. The molecular weight excluding hydrogens is 284 g/mol. The highest BCUT2D eigenvalue weighted by atomic mass is 16.1. The molecule has 0 aromatic carbocycles. The summed E-state index contributed by atoms with van der Waals surface area (Å²) in [7, 11) is 0. The molecule has 1 saturated heterocycles. The number of aromatic nitrogens is 1. The number of fused-ring (bicyclic) bond motifs is 3. The van der Waals surface area contributed by atoms with Gasteiger partial charge in [0.15, 0.2) is 5.78 Å². The molecule has 1 aliphatic carbocycles. The van der Waals surface area contributed by atoms with Crippen LogP contribution in [-0.4, -0.2) is 27.2 Å². The predicted molar refractivity (Wildman–Crippen MR) is 90.8 cm³/mol. The average Bonchev–Trinajstić information content (AvgIpc) is 2.55. The highest BCUT2D eigenvalue weighted by Crippen LogP contribution is 2.47. The van der Waals surface area contributed by atoms with Crippen molar-refractivity contribution >= 4 is 5.78 Å². The number of rotatable bonds is 2. The number of hydrogen-bond donors (Lipinski definition) is 0. The lowest BCUT2D eigenvalue weighted by molar-refractivity contribution is -0.122. The lowest BCUT2D eigenvalue weighted by atomic mass is 9.66. The van der Waals surface area contributed by atoms with Crippen molar-refractivity contribution in [3.63, 3.8) is 0 Å². The summed E-state index contributed by atoms with van der Waals surface area (Å²) in [5, 5.41) is 0. The molecule has 3 aliphatic rings. The van der Waals surface area contributed by atoms with E-state index in [4.69, 9.17) is 0 Å². The van der Waals surface area contributed by atoms with Crippen molar-refractivity contribution in [3.05, 3.63) is 42.4 Å².